The van der Waals surface area contributed by atoms with E-state index >= 15 is 0 Å². The maximum Gasteiger partial charge on any atom is 0.269 e. The van der Waals surface area contributed by atoms with Gasteiger partial charge in [0.05, 0.1) is 0 Å². The molecule has 0 amide bonds. The lowest BCUT2D eigenvalue weighted by molar-refractivity contribution is 0.277. The predicted octanol–water partition coefficient (Wildman–Crippen LogP) is 2.85. The SMILES string of the molecule is CCCCP(=O)(NCC(NC)C(C)(C)C)OC. The van der Waals surface area contributed by atoms with Gasteiger partial charge in [-0.1, -0.05) is 34.1 Å². The topological polar surface area (TPSA) is 50.4 Å². The number of rotatable bonds is 8. The first-order valence-corrected chi connectivity index (χ1v) is 8.17. The number of likely N-dealkylation sites (N-methyl/N-ethyl adjacent to an activating group) is 1. The van der Waals surface area contributed by atoms with Crippen molar-refractivity contribution in [3.8, 4) is 0 Å². The van der Waals surface area contributed by atoms with Gasteiger partial charge in [0.25, 0.3) is 7.52 Å². The lowest BCUT2D eigenvalue weighted by Crippen LogP contribution is -2.45. The van der Waals surface area contributed by atoms with E-state index in [4.69, 9.17) is 4.52 Å². The third-order valence-electron chi connectivity index (χ3n) is 3.03. The summed E-state index contributed by atoms with van der Waals surface area (Å²) in [4.78, 5) is 0. The number of hydrogen-bond acceptors (Lipinski definition) is 3. The second-order valence-electron chi connectivity index (χ2n) is 5.50. The third-order valence-corrected chi connectivity index (χ3v) is 5.19. The third kappa shape index (κ3) is 6.56. The number of unbranched alkanes of at least 4 members (excludes halogenated alkanes) is 1. The maximum absolute atomic E-state index is 12.3. The van der Waals surface area contributed by atoms with Crippen LogP contribution in [-0.4, -0.2) is 32.9 Å². The lowest BCUT2D eigenvalue weighted by Gasteiger charge is -2.31. The van der Waals surface area contributed by atoms with Crippen LogP contribution < -0.4 is 10.4 Å². The molecule has 0 radical (unpaired) electrons. The van der Waals surface area contributed by atoms with Crippen molar-refractivity contribution in [1.29, 1.82) is 0 Å². The Bertz CT molecular complexity index is 251. The van der Waals surface area contributed by atoms with Gasteiger partial charge in [-0.3, -0.25) is 4.57 Å². The summed E-state index contributed by atoms with van der Waals surface area (Å²) in [6.07, 6.45) is 2.57. The molecular weight excluding hydrogens is 235 g/mol. The first-order chi connectivity index (χ1) is 7.79. The highest BCUT2D eigenvalue weighted by Crippen LogP contribution is 2.42. The molecule has 2 unspecified atom stereocenters. The van der Waals surface area contributed by atoms with Gasteiger partial charge in [0.1, 0.15) is 0 Å². The predicted molar refractivity (Wildman–Crippen MR) is 74.7 cm³/mol. The van der Waals surface area contributed by atoms with E-state index < -0.39 is 7.52 Å². The Hall–Kier alpha value is 0.110. The fourth-order valence-corrected chi connectivity index (χ4v) is 3.34. The van der Waals surface area contributed by atoms with Crippen LogP contribution in [0.5, 0.6) is 0 Å². The van der Waals surface area contributed by atoms with E-state index in [2.05, 4.69) is 38.1 Å². The molecule has 2 N–H and O–H groups in total. The second-order valence-corrected chi connectivity index (χ2v) is 7.98. The molecule has 0 aliphatic rings. The molecule has 0 heterocycles. The normalized spacial score (nSPS) is 17.8. The molecule has 104 valence electrons. The van der Waals surface area contributed by atoms with Crippen molar-refractivity contribution in [1.82, 2.24) is 10.4 Å². The van der Waals surface area contributed by atoms with Gasteiger partial charge < -0.3 is 9.84 Å². The number of nitrogens with one attached hydrogen (secondary N) is 2. The van der Waals surface area contributed by atoms with E-state index in [9.17, 15) is 4.57 Å². The van der Waals surface area contributed by atoms with Crippen LogP contribution in [0.1, 0.15) is 40.5 Å². The average molecular weight is 264 g/mol. The summed E-state index contributed by atoms with van der Waals surface area (Å²) in [5.74, 6) is 0. The Morgan fingerprint density at radius 2 is 1.94 bits per heavy atom. The molecular formula is C12H29N2O2P. The van der Waals surface area contributed by atoms with Crippen molar-refractivity contribution < 1.29 is 9.09 Å². The minimum Gasteiger partial charge on any atom is -0.321 e. The van der Waals surface area contributed by atoms with Crippen molar-refractivity contribution in [3.05, 3.63) is 0 Å². The van der Waals surface area contributed by atoms with Crippen molar-refractivity contribution in [2.24, 2.45) is 5.41 Å². The second kappa shape index (κ2) is 7.52. The fraction of sp³-hybridized carbons (Fsp3) is 1.00. The van der Waals surface area contributed by atoms with E-state index in [1.807, 2.05) is 7.05 Å². The van der Waals surface area contributed by atoms with Crippen molar-refractivity contribution in [3.63, 3.8) is 0 Å². The van der Waals surface area contributed by atoms with Crippen molar-refractivity contribution in [2.75, 3.05) is 26.9 Å². The Morgan fingerprint density at radius 3 is 2.29 bits per heavy atom. The summed E-state index contributed by atoms with van der Waals surface area (Å²) in [5.41, 5.74) is 0.130. The summed E-state index contributed by atoms with van der Waals surface area (Å²) in [6, 6.07) is 0.271. The van der Waals surface area contributed by atoms with Crippen LogP contribution in [0.2, 0.25) is 0 Å². The zero-order valence-corrected chi connectivity index (χ0v) is 13.1. The van der Waals surface area contributed by atoms with Crippen LogP contribution in [0.3, 0.4) is 0 Å². The quantitative estimate of drug-likeness (QED) is 0.662. The molecule has 0 aromatic rings. The fourth-order valence-electron chi connectivity index (χ4n) is 1.67. The molecule has 0 aromatic carbocycles. The molecule has 0 rings (SSSR count). The van der Waals surface area contributed by atoms with Crippen LogP contribution in [0, 0.1) is 5.41 Å². The molecule has 5 heteroatoms. The molecule has 2 atom stereocenters. The zero-order chi connectivity index (χ0) is 13.5. The van der Waals surface area contributed by atoms with Gasteiger partial charge in [-0.15, -0.1) is 0 Å². The van der Waals surface area contributed by atoms with Gasteiger partial charge in [-0.25, -0.2) is 5.09 Å². The molecule has 0 aromatic heterocycles. The van der Waals surface area contributed by atoms with E-state index in [1.165, 1.54) is 7.11 Å². The van der Waals surface area contributed by atoms with Gasteiger partial charge in [-0.05, 0) is 18.9 Å². The van der Waals surface area contributed by atoms with E-state index in [0.717, 1.165) is 12.8 Å². The molecule has 0 aliphatic heterocycles. The van der Waals surface area contributed by atoms with Crippen LogP contribution in [0.25, 0.3) is 0 Å². The maximum atomic E-state index is 12.3. The number of hydrogen-bond donors (Lipinski definition) is 2. The molecule has 0 saturated heterocycles. The van der Waals surface area contributed by atoms with Gasteiger partial charge in [0.15, 0.2) is 0 Å². The Balaban J connectivity index is 4.35. The minimum absolute atomic E-state index is 0.130. The highest BCUT2D eigenvalue weighted by atomic mass is 31.2. The highest BCUT2D eigenvalue weighted by molar-refractivity contribution is 7.56. The van der Waals surface area contributed by atoms with E-state index in [1.54, 1.807) is 0 Å². The highest BCUT2D eigenvalue weighted by Gasteiger charge is 2.27. The van der Waals surface area contributed by atoms with Gasteiger partial charge >= 0.3 is 0 Å². The summed E-state index contributed by atoms with van der Waals surface area (Å²) < 4.78 is 17.5. The molecule has 0 saturated carbocycles. The van der Waals surface area contributed by atoms with E-state index in [0.29, 0.717) is 12.7 Å². The first kappa shape index (κ1) is 17.1. The zero-order valence-electron chi connectivity index (χ0n) is 12.2. The van der Waals surface area contributed by atoms with Crippen LogP contribution >= 0.6 is 7.52 Å². The average Bonchev–Trinajstić information content (AvgIpc) is 2.25. The summed E-state index contributed by atoms with van der Waals surface area (Å²) in [6.45, 7) is 9.25. The monoisotopic (exact) mass is 264 g/mol. The van der Waals surface area contributed by atoms with Gasteiger partial charge in [-0.2, -0.15) is 0 Å². The molecule has 0 fully saturated rings. The Kier molecular flexibility index (Phi) is 7.57. The molecule has 4 nitrogen and oxygen atoms in total. The Morgan fingerprint density at radius 1 is 1.35 bits per heavy atom. The van der Waals surface area contributed by atoms with Crippen LogP contribution in [0.4, 0.5) is 0 Å². The summed E-state index contributed by atoms with van der Waals surface area (Å²) in [7, 11) is 0.811. The van der Waals surface area contributed by atoms with Crippen LogP contribution in [0.15, 0.2) is 0 Å². The molecule has 0 bridgehead atoms. The standard InChI is InChI=1S/C12H29N2O2P/c1-7-8-9-17(15,16-6)14-10-11(13-5)12(2,3)4/h11,13H,7-10H2,1-6H3,(H,14,15). The molecule has 0 aliphatic carbocycles. The van der Waals surface area contributed by atoms with Crippen LogP contribution in [-0.2, 0) is 9.09 Å². The van der Waals surface area contributed by atoms with E-state index in [-0.39, 0.29) is 11.5 Å². The van der Waals surface area contributed by atoms with Gasteiger partial charge in [0.2, 0.25) is 0 Å². The smallest absolute Gasteiger partial charge is 0.269 e. The summed E-state index contributed by atoms with van der Waals surface area (Å²) in [5, 5.41) is 6.36. The lowest BCUT2D eigenvalue weighted by atomic mass is 9.87. The van der Waals surface area contributed by atoms with Crippen molar-refractivity contribution >= 4 is 7.52 Å². The molecule has 17 heavy (non-hydrogen) atoms. The first-order valence-electron chi connectivity index (χ1n) is 6.36. The largest absolute Gasteiger partial charge is 0.321 e. The summed E-state index contributed by atoms with van der Waals surface area (Å²) >= 11 is 0. The Labute approximate surface area is 106 Å². The van der Waals surface area contributed by atoms with Crippen molar-refractivity contribution in [2.45, 2.75) is 46.6 Å². The van der Waals surface area contributed by atoms with Gasteiger partial charge in [0, 0.05) is 25.9 Å². The molecule has 0 spiro atoms. The minimum atomic E-state index is -2.64.